The van der Waals surface area contributed by atoms with Crippen LogP contribution >= 0.6 is 0 Å². The molecular formula is C34H50N4O7. The lowest BCUT2D eigenvalue weighted by molar-refractivity contribution is -0.158. The normalized spacial score (nSPS) is 13.7. The number of hydrogen-bond donors (Lipinski definition) is 4. The Morgan fingerprint density at radius 1 is 0.800 bits per heavy atom. The van der Waals surface area contributed by atoms with E-state index in [2.05, 4.69) is 16.0 Å². The minimum absolute atomic E-state index is 0.0370. The molecule has 0 aliphatic carbocycles. The molecule has 0 aliphatic heterocycles. The zero-order valence-electron chi connectivity index (χ0n) is 27.7. The third-order valence-corrected chi connectivity index (χ3v) is 6.67. The zero-order valence-corrected chi connectivity index (χ0v) is 27.7. The van der Waals surface area contributed by atoms with Crippen LogP contribution in [0.3, 0.4) is 0 Å². The summed E-state index contributed by atoms with van der Waals surface area (Å²) in [5.74, 6) is -1.73. The summed E-state index contributed by atoms with van der Waals surface area (Å²) >= 11 is 0. The molecule has 45 heavy (non-hydrogen) atoms. The monoisotopic (exact) mass is 626 g/mol. The first-order chi connectivity index (χ1) is 20.9. The SMILES string of the molecule is CC(=O)[C@H](CCCCNC(=O)[C@@H](N)Cc1ccc2ccccc2c1)NC(=O)N[C@@H](CCC(=O)OC(C)(C)C)C(=O)OC(C)(C)C. The highest BCUT2D eigenvalue weighted by atomic mass is 16.6. The Labute approximate surface area is 266 Å². The maximum Gasteiger partial charge on any atom is 0.329 e. The van der Waals surface area contributed by atoms with Crippen molar-refractivity contribution in [3.8, 4) is 0 Å². The first-order valence-electron chi connectivity index (χ1n) is 15.5. The summed E-state index contributed by atoms with van der Waals surface area (Å²) in [4.78, 5) is 62.6. The second-order valence-electron chi connectivity index (χ2n) is 13.3. The predicted octanol–water partition coefficient (Wildman–Crippen LogP) is 4.09. The van der Waals surface area contributed by atoms with Crippen LogP contribution < -0.4 is 21.7 Å². The van der Waals surface area contributed by atoms with E-state index in [0.717, 1.165) is 16.3 Å². The highest BCUT2D eigenvalue weighted by Gasteiger charge is 2.29. The Hall–Kier alpha value is -3.99. The summed E-state index contributed by atoms with van der Waals surface area (Å²) in [5, 5.41) is 10.2. The number of nitrogens with two attached hydrogens (primary N) is 1. The fourth-order valence-corrected chi connectivity index (χ4v) is 4.54. The van der Waals surface area contributed by atoms with Gasteiger partial charge in [-0.2, -0.15) is 0 Å². The molecule has 2 aromatic rings. The smallest absolute Gasteiger partial charge is 0.329 e. The van der Waals surface area contributed by atoms with Gasteiger partial charge in [-0.05, 0) is 96.9 Å². The number of Topliss-reactive ketones (excluding diaryl/α,β-unsaturated/α-hetero) is 1. The van der Waals surface area contributed by atoms with Gasteiger partial charge in [-0.1, -0.05) is 42.5 Å². The fraction of sp³-hybridized carbons (Fsp3) is 0.559. The molecule has 0 aliphatic rings. The number of amides is 3. The Kier molecular flexibility index (Phi) is 14.0. The molecule has 0 fully saturated rings. The molecule has 0 heterocycles. The number of unbranched alkanes of at least 4 members (excludes halogenated alkanes) is 1. The van der Waals surface area contributed by atoms with Crippen molar-refractivity contribution in [3.05, 3.63) is 48.0 Å². The lowest BCUT2D eigenvalue weighted by Gasteiger charge is -2.26. The number of esters is 2. The maximum absolute atomic E-state index is 12.8. The van der Waals surface area contributed by atoms with Gasteiger partial charge in [0.25, 0.3) is 0 Å². The number of hydrogen-bond acceptors (Lipinski definition) is 8. The van der Waals surface area contributed by atoms with Crippen LogP contribution in [0.25, 0.3) is 10.8 Å². The van der Waals surface area contributed by atoms with Crippen LogP contribution in [0.2, 0.25) is 0 Å². The van der Waals surface area contributed by atoms with E-state index in [0.29, 0.717) is 32.2 Å². The van der Waals surface area contributed by atoms with Gasteiger partial charge in [0.05, 0.1) is 12.1 Å². The van der Waals surface area contributed by atoms with Gasteiger partial charge in [0.2, 0.25) is 5.91 Å². The maximum atomic E-state index is 12.8. The molecule has 0 aromatic heterocycles. The second-order valence-corrected chi connectivity index (χ2v) is 13.3. The fourth-order valence-electron chi connectivity index (χ4n) is 4.54. The van der Waals surface area contributed by atoms with Gasteiger partial charge >= 0.3 is 18.0 Å². The van der Waals surface area contributed by atoms with Gasteiger partial charge in [-0.25, -0.2) is 9.59 Å². The van der Waals surface area contributed by atoms with Crippen molar-refractivity contribution in [1.29, 1.82) is 0 Å². The van der Waals surface area contributed by atoms with Crippen LogP contribution in [0.1, 0.15) is 86.1 Å². The number of carbonyl (C=O) groups excluding carboxylic acids is 5. The third kappa shape index (κ3) is 14.6. The number of urea groups is 1. The minimum Gasteiger partial charge on any atom is -0.460 e. The van der Waals surface area contributed by atoms with E-state index in [4.69, 9.17) is 15.2 Å². The molecule has 0 radical (unpaired) electrons. The molecule has 11 nitrogen and oxygen atoms in total. The first-order valence-corrected chi connectivity index (χ1v) is 15.5. The average molecular weight is 627 g/mol. The minimum atomic E-state index is -1.13. The summed E-state index contributed by atoms with van der Waals surface area (Å²) < 4.78 is 10.7. The quantitative estimate of drug-likeness (QED) is 0.170. The predicted molar refractivity (Wildman–Crippen MR) is 173 cm³/mol. The van der Waals surface area contributed by atoms with Crippen LogP contribution in [-0.4, -0.2) is 65.5 Å². The van der Waals surface area contributed by atoms with Crippen LogP contribution in [0.5, 0.6) is 0 Å². The van der Waals surface area contributed by atoms with Crippen LogP contribution in [-0.2, 0) is 35.1 Å². The molecule has 0 spiro atoms. The van der Waals surface area contributed by atoms with Gasteiger partial charge in [0, 0.05) is 13.0 Å². The summed E-state index contributed by atoms with van der Waals surface area (Å²) in [6, 6.07) is 10.6. The lowest BCUT2D eigenvalue weighted by Crippen LogP contribution is -2.52. The van der Waals surface area contributed by atoms with E-state index >= 15 is 0 Å². The molecular weight excluding hydrogens is 576 g/mol. The molecule has 0 unspecified atom stereocenters. The van der Waals surface area contributed by atoms with Gasteiger partial charge in [0.15, 0.2) is 5.78 Å². The number of benzene rings is 2. The Morgan fingerprint density at radius 3 is 2.04 bits per heavy atom. The summed E-state index contributed by atoms with van der Waals surface area (Å²) in [6.07, 6.45) is 1.69. The van der Waals surface area contributed by atoms with E-state index in [1.54, 1.807) is 41.5 Å². The summed E-state index contributed by atoms with van der Waals surface area (Å²) in [7, 11) is 0. The topological polar surface area (TPSA) is 166 Å². The van der Waals surface area contributed by atoms with Gasteiger partial charge < -0.3 is 31.2 Å². The molecule has 0 saturated heterocycles. The van der Waals surface area contributed by atoms with Gasteiger partial charge in [-0.15, -0.1) is 0 Å². The molecule has 2 rings (SSSR count). The van der Waals surface area contributed by atoms with Crippen molar-refractivity contribution in [2.75, 3.05) is 6.54 Å². The number of rotatable bonds is 15. The van der Waals surface area contributed by atoms with Crippen LogP contribution in [0.4, 0.5) is 4.79 Å². The van der Waals surface area contributed by atoms with Crippen molar-refractivity contribution in [3.63, 3.8) is 0 Å². The lowest BCUT2D eigenvalue weighted by atomic mass is 10.0. The van der Waals surface area contributed by atoms with E-state index in [-0.39, 0.29) is 24.5 Å². The number of ether oxygens (including phenoxy) is 2. The Morgan fingerprint density at radius 2 is 1.42 bits per heavy atom. The largest absolute Gasteiger partial charge is 0.460 e. The van der Waals surface area contributed by atoms with Crippen LogP contribution in [0, 0.1) is 0 Å². The Balaban J connectivity index is 1.83. The van der Waals surface area contributed by atoms with E-state index in [1.807, 2.05) is 42.5 Å². The standard InChI is InChI=1S/C34H50N4O7/c1-22(39)27(37-32(43)38-28(31(42)45-34(5,6)7)17-18-29(40)44-33(2,3)4)14-10-11-19-36-30(41)26(35)21-23-15-16-24-12-8-9-13-25(24)20-23/h8-9,12-13,15-16,20,26-28H,10-11,14,17-19,21,35H2,1-7H3,(H,36,41)(H2,37,38,43)/t26-,27-,28-/m0/s1. The van der Waals surface area contributed by atoms with Crippen molar-refractivity contribution >= 4 is 40.4 Å². The van der Waals surface area contributed by atoms with Crippen molar-refractivity contribution in [2.24, 2.45) is 5.73 Å². The Bertz CT molecular complexity index is 1330. The van der Waals surface area contributed by atoms with Crippen molar-refractivity contribution < 1.29 is 33.4 Å². The van der Waals surface area contributed by atoms with E-state index in [9.17, 15) is 24.0 Å². The molecule has 11 heteroatoms. The molecule has 5 N–H and O–H groups in total. The molecule has 2 aromatic carbocycles. The number of carbonyl (C=O) groups is 5. The number of fused-ring (bicyclic) bond motifs is 1. The number of ketones is 1. The average Bonchev–Trinajstić information content (AvgIpc) is 2.92. The van der Waals surface area contributed by atoms with Gasteiger partial charge in [-0.3, -0.25) is 14.4 Å². The van der Waals surface area contributed by atoms with E-state index < -0.39 is 47.3 Å². The highest BCUT2D eigenvalue weighted by molar-refractivity contribution is 5.89. The summed E-state index contributed by atoms with van der Waals surface area (Å²) in [5.41, 5.74) is 5.62. The summed E-state index contributed by atoms with van der Waals surface area (Å²) in [6.45, 7) is 12.0. The second kappa shape index (κ2) is 16.9. The molecule has 0 saturated carbocycles. The van der Waals surface area contributed by atoms with Crippen molar-refractivity contribution in [2.45, 2.75) is 116 Å². The third-order valence-electron chi connectivity index (χ3n) is 6.67. The van der Waals surface area contributed by atoms with Gasteiger partial charge in [0.1, 0.15) is 17.2 Å². The number of nitrogens with one attached hydrogen (secondary N) is 3. The van der Waals surface area contributed by atoms with E-state index in [1.165, 1.54) is 6.92 Å². The zero-order chi connectivity index (χ0) is 33.8. The van der Waals surface area contributed by atoms with Crippen molar-refractivity contribution in [1.82, 2.24) is 16.0 Å². The molecule has 3 atom stereocenters. The molecule has 0 bridgehead atoms. The van der Waals surface area contributed by atoms with Crippen LogP contribution in [0.15, 0.2) is 42.5 Å². The first kappa shape index (κ1) is 37.2. The highest BCUT2D eigenvalue weighted by Crippen LogP contribution is 2.17. The molecule has 3 amide bonds. The molecule has 248 valence electrons.